The van der Waals surface area contributed by atoms with Crippen LogP contribution in [-0.4, -0.2) is 59.0 Å². The summed E-state index contributed by atoms with van der Waals surface area (Å²) in [5, 5.41) is 2.52. The van der Waals surface area contributed by atoms with Crippen LogP contribution < -0.4 is 10.1 Å². The molecule has 0 atom stereocenters. The fraction of sp³-hybridized carbons (Fsp3) is 0.280. The van der Waals surface area contributed by atoms with Crippen molar-refractivity contribution in [1.82, 2.24) is 9.80 Å². The molecule has 2 aliphatic heterocycles. The van der Waals surface area contributed by atoms with Gasteiger partial charge >= 0.3 is 0 Å². The molecular formula is C25H24ClN3O5S. The van der Waals surface area contributed by atoms with Crippen molar-refractivity contribution in [3.63, 3.8) is 0 Å². The minimum Gasteiger partial charge on any atom is -0.482 e. The summed E-state index contributed by atoms with van der Waals surface area (Å²) in [4.78, 5) is 52.4. The van der Waals surface area contributed by atoms with Gasteiger partial charge < -0.3 is 15.0 Å². The van der Waals surface area contributed by atoms with Gasteiger partial charge in [0, 0.05) is 18.8 Å². The number of hydrogen-bond donors (Lipinski definition) is 1. The second kappa shape index (κ2) is 11.0. The Kier molecular flexibility index (Phi) is 7.77. The van der Waals surface area contributed by atoms with E-state index < -0.39 is 11.1 Å². The molecule has 4 amide bonds. The third kappa shape index (κ3) is 6.23. The first-order valence-electron chi connectivity index (χ1n) is 11.1. The van der Waals surface area contributed by atoms with Gasteiger partial charge in [0.2, 0.25) is 5.91 Å². The van der Waals surface area contributed by atoms with Crippen molar-refractivity contribution in [3.8, 4) is 5.75 Å². The van der Waals surface area contributed by atoms with Crippen molar-refractivity contribution in [2.45, 2.75) is 19.8 Å². The van der Waals surface area contributed by atoms with E-state index in [1.807, 2.05) is 19.1 Å². The van der Waals surface area contributed by atoms with Gasteiger partial charge in [-0.05, 0) is 67.4 Å². The molecule has 0 aromatic heterocycles. The highest BCUT2D eigenvalue weighted by atomic mass is 35.5. The fourth-order valence-corrected chi connectivity index (χ4v) is 4.77. The molecule has 4 rings (SSSR count). The Bertz CT molecular complexity index is 1190. The van der Waals surface area contributed by atoms with Crippen molar-refractivity contribution in [3.05, 3.63) is 63.5 Å². The summed E-state index contributed by atoms with van der Waals surface area (Å²) in [6.07, 6.45) is 3.42. The number of nitrogens with one attached hydrogen (secondary N) is 1. The fourth-order valence-electron chi connectivity index (χ4n) is 3.69. The number of carbonyl (C=O) groups is 4. The monoisotopic (exact) mass is 513 g/mol. The minimum atomic E-state index is -0.503. The Morgan fingerprint density at radius 2 is 1.83 bits per heavy atom. The normalized spacial score (nSPS) is 16.8. The van der Waals surface area contributed by atoms with Crippen LogP contribution >= 0.6 is 23.4 Å². The molecule has 2 fully saturated rings. The highest BCUT2D eigenvalue weighted by molar-refractivity contribution is 8.18. The van der Waals surface area contributed by atoms with Crippen LogP contribution in [0, 0.1) is 6.92 Å². The zero-order valence-corrected chi connectivity index (χ0v) is 20.7. The van der Waals surface area contributed by atoms with E-state index in [0.717, 1.165) is 35.1 Å². The molecule has 2 saturated heterocycles. The lowest BCUT2D eigenvalue weighted by Gasteiger charge is -2.18. The lowest BCUT2D eigenvalue weighted by molar-refractivity contribution is -0.135. The topological polar surface area (TPSA) is 96.0 Å². The Hall–Kier alpha value is -3.30. The predicted octanol–water partition coefficient (Wildman–Crippen LogP) is 4.32. The van der Waals surface area contributed by atoms with Crippen molar-refractivity contribution in [1.29, 1.82) is 0 Å². The van der Waals surface area contributed by atoms with Gasteiger partial charge in [-0.3, -0.25) is 24.1 Å². The quantitative estimate of drug-likeness (QED) is 0.554. The lowest BCUT2D eigenvalue weighted by atomic mass is 10.2. The van der Waals surface area contributed by atoms with Gasteiger partial charge in [0.1, 0.15) is 12.3 Å². The zero-order valence-electron chi connectivity index (χ0n) is 19.1. The summed E-state index contributed by atoms with van der Waals surface area (Å²) in [6, 6.07) is 12.2. The van der Waals surface area contributed by atoms with Crippen molar-refractivity contribution in [2.24, 2.45) is 0 Å². The van der Waals surface area contributed by atoms with Gasteiger partial charge in [0.15, 0.2) is 6.61 Å². The van der Waals surface area contributed by atoms with E-state index in [0.29, 0.717) is 30.1 Å². The average Bonchev–Trinajstić information content (AvgIpc) is 3.45. The predicted molar refractivity (Wildman–Crippen MR) is 135 cm³/mol. The molecule has 2 heterocycles. The number of anilines is 1. The van der Waals surface area contributed by atoms with Crippen molar-refractivity contribution >= 4 is 58.1 Å². The minimum absolute atomic E-state index is 0.214. The molecule has 0 bridgehead atoms. The van der Waals surface area contributed by atoms with Gasteiger partial charge in [-0.2, -0.15) is 0 Å². The summed E-state index contributed by atoms with van der Waals surface area (Å²) in [5.74, 6) is -0.739. The zero-order chi connectivity index (χ0) is 24.9. The summed E-state index contributed by atoms with van der Waals surface area (Å²) >= 11 is 7.09. The van der Waals surface area contributed by atoms with E-state index >= 15 is 0 Å². The first kappa shape index (κ1) is 24.8. The highest BCUT2D eigenvalue weighted by Crippen LogP contribution is 2.34. The van der Waals surface area contributed by atoms with Crippen LogP contribution in [0.5, 0.6) is 5.75 Å². The Balaban J connectivity index is 1.35. The third-order valence-electron chi connectivity index (χ3n) is 5.57. The number of nitrogens with zero attached hydrogens (tertiary/aromatic N) is 2. The van der Waals surface area contributed by atoms with Crippen LogP contribution in [0.1, 0.15) is 24.0 Å². The maximum atomic E-state index is 12.7. The van der Waals surface area contributed by atoms with Gasteiger partial charge in [-0.25, -0.2) is 0 Å². The molecule has 182 valence electrons. The van der Waals surface area contributed by atoms with Crippen LogP contribution in [0.3, 0.4) is 0 Å². The third-order valence-corrected chi connectivity index (χ3v) is 6.78. The van der Waals surface area contributed by atoms with E-state index in [1.54, 1.807) is 41.3 Å². The summed E-state index contributed by atoms with van der Waals surface area (Å²) in [5.41, 5.74) is 2.34. The molecule has 0 spiro atoms. The van der Waals surface area contributed by atoms with E-state index in [9.17, 15) is 19.2 Å². The van der Waals surface area contributed by atoms with Gasteiger partial charge in [0.05, 0.1) is 9.93 Å². The van der Waals surface area contributed by atoms with Gasteiger partial charge in [-0.1, -0.05) is 35.4 Å². The SMILES string of the molecule is Cc1ccc(NC(=O)COc2ccc(/C=C3/SC(=O)N(CC(=O)N4CCCC4)C3=O)cc2Cl)cc1. The molecule has 1 N–H and O–H groups in total. The van der Waals surface area contributed by atoms with E-state index in [1.165, 1.54) is 0 Å². The second-order valence-electron chi connectivity index (χ2n) is 8.25. The van der Waals surface area contributed by atoms with E-state index in [-0.39, 0.29) is 34.9 Å². The van der Waals surface area contributed by atoms with Crippen LogP contribution in [0.4, 0.5) is 10.5 Å². The standard InChI is InChI=1S/C25H24ClN3O5S/c1-16-4-7-18(8-5-16)27-22(30)15-34-20-9-6-17(12-19(20)26)13-21-24(32)29(25(33)35-21)14-23(31)28-10-2-3-11-28/h4-9,12-13H,2-3,10-11,14-15H2,1H3,(H,27,30)/b21-13+. The number of rotatable bonds is 7. The van der Waals surface area contributed by atoms with Crippen LogP contribution in [-0.2, 0) is 14.4 Å². The first-order valence-corrected chi connectivity index (χ1v) is 12.3. The number of amides is 4. The van der Waals surface area contributed by atoms with Gasteiger partial charge in [-0.15, -0.1) is 0 Å². The molecule has 8 nitrogen and oxygen atoms in total. The number of likely N-dealkylation sites (tertiary alicyclic amines) is 1. The number of thioether (sulfide) groups is 1. The molecule has 2 aliphatic rings. The largest absolute Gasteiger partial charge is 0.482 e. The second-order valence-corrected chi connectivity index (χ2v) is 9.65. The number of halogens is 1. The Morgan fingerprint density at radius 1 is 1.11 bits per heavy atom. The molecule has 0 unspecified atom stereocenters. The first-order chi connectivity index (χ1) is 16.8. The van der Waals surface area contributed by atoms with E-state index in [4.69, 9.17) is 16.3 Å². The molecule has 10 heteroatoms. The van der Waals surface area contributed by atoms with Gasteiger partial charge in [0.25, 0.3) is 17.1 Å². The number of aryl methyl sites for hydroxylation is 1. The van der Waals surface area contributed by atoms with Crippen molar-refractivity contribution in [2.75, 3.05) is 31.6 Å². The molecule has 0 radical (unpaired) electrons. The molecule has 35 heavy (non-hydrogen) atoms. The van der Waals surface area contributed by atoms with Crippen molar-refractivity contribution < 1.29 is 23.9 Å². The van der Waals surface area contributed by atoms with Crippen LogP contribution in [0.2, 0.25) is 5.02 Å². The summed E-state index contributed by atoms with van der Waals surface area (Å²) in [7, 11) is 0. The van der Waals surface area contributed by atoms with Crippen LogP contribution in [0.15, 0.2) is 47.4 Å². The maximum Gasteiger partial charge on any atom is 0.294 e. The summed E-state index contributed by atoms with van der Waals surface area (Å²) in [6.45, 7) is 2.80. The lowest BCUT2D eigenvalue weighted by Crippen LogP contribution is -2.40. The average molecular weight is 514 g/mol. The number of carbonyl (C=O) groups excluding carboxylic acids is 4. The Morgan fingerprint density at radius 3 is 2.51 bits per heavy atom. The van der Waals surface area contributed by atoms with E-state index in [2.05, 4.69) is 5.32 Å². The molecule has 0 saturated carbocycles. The summed E-state index contributed by atoms with van der Waals surface area (Å²) < 4.78 is 5.53. The molecule has 2 aromatic carbocycles. The van der Waals surface area contributed by atoms with Crippen LogP contribution in [0.25, 0.3) is 6.08 Å². The number of ether oxygens (including phenoxy) is 1. The molecule has 2 aromatic rings. The smallest absolute Gasteiger partial charge is 0.294 e. The highest BCUT2D eigenvalue weighted by Gasteiger charge is 2.37. The number of imide groups is 1. The number of benzene rings is 2. The molecule has 0 aliphatic carbocycles. The number of hydrogen-bond acceptors (Lipinski definition) is 6. The molecular weight excluding hydrogens is 490 g/mol. The Labute approximate surface area is 212 Å². The maximum absolute atomic E-state index is 12.7.